The van der Waals surface area contributed by atoms with Gasteiger partial charge in [-0.25, -0.2) is 0 Å². The lowest BCUT2D eigenvalue weighted by Crippen LogP contribution is -2.05. The number of ether oxygens (including phenoxy) is 1. The Morgan fingerprint density at radius 3 is 2.78 bits per heavy atom. The molecule has 0 aliphatic heterocycles. The topological polar surface area (TPSA) is 56.5 Å². The zero-order valence-electron chi connectivity index (χ0n) is 10.5. The second kappa shape index (κ2) is 4.94. The van der Waals surface area contributed by atoms with Gasteiger partial charge in [0.2, 0.25) is 0 Å². The van der Waals surface area contributed by atoms with Crippen LogP contribution >= 0.6 is 0 Å². The van der Waals surface area contributed by atoms with Crippen LogP contribution in [0.1, 0.15) is 11.3 Å². The molecule has 0 amide bonds. The highest BCUT2D eigenvalue weighted by Gasteiger charge is 2.19. The minimum absolute atomic E-state index is 0.000852. The van der Waals surface area contributed by atoms with Gasteiger partial charge in [-0.3, -0.25) is 9.00 Å². The number of rotatable bonds is 3. The molecule has 1 aromatic carbocycles. The highest BCUT2D eigenvalue weighted by molar-refractivity contribution is 7.84. The lowest BCUT2D eigenvalue weighted by molar-refractivity contribution is -0.140. The van der Waals surface area contributed by atoms with Crippen LogP contribution in [0.4, 0.5) is 0 Å². The first-order valence-electron chi connectivity index (χ1n) is 5.45. The van der Waals surface area contributed by atoms with Crippen LogP contribution in [0.25, 0.3) is 11.0 Å². The predicted molar refractivity (Wildman–Crippen MR) is 69.0 cm³/mol. The minimum atomic E-state index is -1.21. The third kappa shape index (κ3) is 2.31. The van der Waals surface area contributed by atoms with Crippen molar-refractivity contribution in [3.8, 4) is 0 Å². The van der Waals surface area contributed by atoms with Crippen LogP contribution in [-0.4, -0.2) is 23.5 Å². The lowest BCUT2D eigenvalue weighted by Gasteiger charge is -1.99. The molecule has 18 heavy (non-hydrogen) atoms. The summed E-state index contributed by atoms with van der Waals surface area (Å²) in [7, 11) is 0.105. The summed E-state index contributed by atoms with van der Waals surface area (Å²) in [6.45, 7) is 1.95. The Bertz CT molecular complexity index is 627. The first-order chi connectivity index (χ1) is 8.52. The fraction of sp³-hybridized carbons (Fsp3) is 0.308. The third-order valence-corrected chi connectivity index (χ3v) is 3.71. The van der Waals surface area contributed by atoms with E-state index in [1.165, 1.54) is 7.11 Å². The molecule has 1 unspecified atom stereocenters. The maximum Gasteiger partial charge on any atom is 0.313 e. The Kier molecular flexibility index (Phi) is 3.52. The van der Waals surface area contributed by atoms with Crippen LogP contribution in [0.15, 0.2) is 27.5 Å². The van der Waals surface area contributed by atoms with Crippen LogP contribution in [-0.2, 0) is 26.8 Å². The second-order valence-electron chi connectivity index (χ2n) is 4.06. The van der Waals surface area contributed by atoms with Gasteiger partial charge in [0.05, 0.1) is 22.8 Å². The summed E-state index contributed by atoms with van der Waals surface area (Å²) in [5.41, 5.74) is 1.70. The van der Waals surface area contributed by atoms with E-state index in [2.05, 4.69) is 4.74 Å². The van der Waals surface area contributed by atoms with Gasteiger partial charge < -0.3 is 9.15 Å². The maximum absolute atomic E-state index is 11.8. The quantitative estimate of drug-likeness (QED) is 0.799. The van der Waals surface area contributed by atoms with E-state index in [9.17, 15) is 9.00 Å². The number of carbonyl (C=O) groups is 1. The molecule has 0 N–H and O–H groups in total. The van der Waals surface area contributed by atoms with Gasteiger partial charge in [0.1, 0.15) is 17.8 Å². The largest absolute Gasteiger partial charge is 0.469 e. The number of carbonyl (C=O) groups excluding carboxylic acids is 1. The van der Waals surface area contributed by atoms with E-state index in [1.54, 1.807) is 6.26 Å². The van der Waals surface area contributed by atoms with Gasteiger partial charge in [-0.05, 0) is 19.1 Å². The monoisotopic (exact) mass is 266 g/mol. The zero-order chi connectivity index (χ0) is 13.3. The summed E-state index contributed by atoms with van der Waals surface area (Å²) in [4.78, 5) is 11.9. The van der Waals surface area contributed by atoms with Crippen LogP contribution in [0.2, 0.25) is 0 Å². The van der Waals surface area contributed by atoms with Gasteiger partial charge in [0.25, 0.3) is 0 Å². The molecule has 0 saturated heterocycles. The number of furan rings is 1. The van der Waals surface area contributed by atoms with E-state index in [4.69, 9.17) is 4.42 Å². The van der Waals surface area contributed by atoms with Gasteiger partial charge in [0.15, 0.2) is 0 Å². The van der Waals surface area contributed by atoms with Crippen molar-refractivity contribution in [3.63, 3.8) is 0 Å². The van der Waals surface area contributed by atoms with Crippen molar-refractivity contribution in [2.45, 2.75) is 18.2 Å². The van der Waals surface area contributed by atoms with Crippen molar-refractivity contribution in [2.75, 3.05) is 13.4 Å². The van der Waals surface area contributed by atoms with Crippen molar-refractivity contribution in [3.05, 3.63) is 29.5 Å². The van der Waals surface area contributed by atoms with E-state index in [0.717, 1.165) is 10.9 Å². The molecule has 2 aromatic rings. The van der Waals surface area contributed by atoms with E-state index in [1.807, 2.05) is 25.1 Å². The van der Waals surface area contributed by atoms with E-state index >= 15 is 0 Å². The summed E-state index contributed by atoms with van der Waals surface area (Å²) >= 11 is 0. The van der Waals surface area contributed by atoms with Crippen molar-refractivity contribution < 1.29 is 18.2 Å². The van der Waals surface area contributed by atoms with E-state index in [-0.39, 0.29) is 6.42 Å². The molecule has 5 heteroatoms. The second-order valence-corrected chi connectivity index (χ2v) is 5.38. The van der Waals surface area contributed by atoms with Crippen LogP contribution in [0.3, 0.4) is 0 Å². The number of hydrogen-bond acceptors (Lipinski definition) is 4. The Hall–Kier alpha value is -1.62. The SMILES string of the molecule is COC(=O)Cc1oc2ccc(C)cc2c1S(C)=O. The maximum atomic E-state index is 11.8. The Morgan fingerprint density at radius 1 is 1.44 bits per heavy atom. The van der Waals surface area contributed by atoms with Crippen LogP contribution in [0, 0.1) is 6.92 Å². The zero-order valence-corrected chi connectivity index (χ0v) is 11.3. The lowest BCUT2D eigenvalue weighted by atomic mass is 10.2. The average Bonchev–Trinajstić information content (AvgIpc) is 2.65. The molecule has 96 valence electrons. The average molecular weight is 266 g/mol. The van der Waals surface area contributed by atoms with Crippen molar-refractivity contribution >= 4 is 27.7 Å². The molecule has 0 bridgehead atoms. The van der Waals surface area contributed by atoms with Gasteiger partial charge >= 0.3 is 5.97 Å². The molecule has 0 saturated carbocycles. The molecule has 0 fully saturated rings. The first-order valence-corrected chi connectivity index (χ1v) is 7.01. The number of fused-ring (bicyclic) bond motifs is 1. The Morgan fingerprint density at radius 2 is 2.17 bits per heavy atom. The van der Waals surface area contributed by atoms with Gasteiger partial charge in [0, 0.05) is 11.6 Å². The first kappa shape index (κ1) is 12.8. The van der Waals surface area contributed by atoms with Crippen LogP contribution in [0.5, 0.6) is 0 Å². The summed E-state index contributed by atoms with van der Waals surface area (Å²) < 4.78 is 22.0. The number of hydrogen-bond donors (Lipinski definition) is 0. The number of methoxy groups -OCH3 is 1. The van der Waals surface area contributed by atoms with E-state index < -0.39 is 16.8 Å². The fourth-order valence-electron chi connectivity index (χ4n) is 1.87. The summed E-state index contributed by atoms with van der Waals surface area (Å²) in [6, 6.07) is 5.65. The Labute approximate surface area is 107 Å². The summed E-state index contributed by atoms with van der Waals surface area (Å²) in [5, 5.41) is 0.801. The minimum Gasteiger partial charge on any atom is -0.469 e. The third-order valence-electron chi connectivity index (χ3n) is 2.69. The molecule has 0 aliphatic rings. The summed E-state index contributed by atoms with van der Waals surface area (Å²) in [5.74, 6) is 0.0146. The molecule has 1 aromatic heterocycles. The standard InChI is InChI=1S/C13H14O4S/c1-8-4-5-10-9(6-8)13(18(3)15)11(17-10)7-12(14)16-2/h4-6H,7H2,1-3H3. The molecule has 0 aliphatic carbocycles. The molecule has 1 heterocycles. The molecule has 2 rings (SSSR count). The van der Waals surface area contributed by atoms with Crippen molar-refractivity contribution in [2.24, 2.45) is 0 Å². The van der Waals surface area contributed by atoms with Gasteiger partial charge in [-0.15, -0.1) is 0 Å². The highest BCUT2D eigenvalue weighted by atomic mass is 32.2. The molecular weight excluding hydrogens is 252 g/mol. The number of esters is 1. The van der Waals surface area contributed by atoms with Gasteiger partial charge in [-0.2, -0.15) is 0 Å². The Balaban J connectivity index is 2.62. The molecule has 0 spiro atoms. The smallest absolute Gasteiger partial charge is 0.313 e. The predicted octanol–water partition coefficient (Wildman–Crippen LogP) is 2.19. The number of benzene rings is 1. The van der Waals surface area contributed by atoms with Gasteiger partial charge in [-0.1, -0.05) is 11.6 Å². The fourth-order valence-corrected chi connectivity index (χ4v) is 2.78. The van der Waals surface area contributed by atoms with Crippen LogP contribution < -0.4 is 0 Å². The normalized spacial score (nSPS) is 12.6. The molecule has 4 nitrogen and oxygen atoms in total. The van der Waals surface area contributed by atoms with Crippen molar-refractivity contribution in [1.29, 1.82) is 0 Å². The molecular formula is C13H14O4S. The summed E-state index contributed by atoms with van der Waals surface area (Å²) in [6.07, 6.45) is 1.58. The van der Waals surface area contributed by atoms with E-state index in [0.29, 0.717) is 16.2 Å². The molecule has 0 radical (unpaired) electrons. The van der Waals surface area contributed by atoms with Crippen molar-refractivity contribution in [1.82, 2.24) is 0 Å². The number of aryl methyl sites for hydroxylation is 1. The highest BCUT2D eigenvalue weighted by Crippen LogP contribution is 2.29. The molecule has 1 atom stereocenters.